The molecule has 1 N–H and O–H groups in total. The van der Waals surface area contributed by atoms with E-state index in [0.29, 0.717) is 22.7 Å². The van der Waals surface area contributed by atoms with Gasteiger partial charge >= 0.3 is 0 Å². The summed E-state index contributed by atoms with van der Waals surface area (Å²) in [5.41, 5.74) is 3.19. The first-order valence-corrected chi connectivity index (χ1v) is 7.89. The summed E-state index contributed by atoms with van der Waals surface area (Å²) < 4.78 is 16.1. The van der Waals surface area contributed by atoms with Crippen molar-refractivity contribution in [2.24, 2.45) is 0 Å². The van der Waals surface area contributed by atoms with Crippen LogP contribution in [0.2, 0.25) is 0 Å². The Morgan fingerprint density at radius 1 is 1.17 bits per heavy atom. The Balaban J connectivity index is 1.88. The Morgan fingerprint density at radius 3 is 2.62 bits per heavy atom. The van der Waals surface area contributed by atoms with Gasteiger partial charge in [-0.2, -0.15) is 0 Å². The molecule has 0 saturated carbocycles. The van der Waals surface area contributed by atoms with Gasteiger partial charge in [0.25, 0.3) is 5.91 Å². The molecule has 24 heavy (non-hydrogen) atoms. The van der Waals surface area contributed by atoms with Crippen molar-refractivity contribution in [3.05, 3.63) is 47.0 Å². The van der Waals surface area contributed by atoms with Crippen LogP contribution in [0, 0.1) is 6.92 Å². The number of carbonyl (C=O) groups is 1. The normalized spacial score (nSPS) is 12.4. The molecule has 0 fully saturated rings. The summed E-state index contributed by atoms with van der Waals surface area (Å²) in [5, 5.41) is 2.92. The summed E-state index contributed by atoms with van der Waals surface area (Å²) in [7, 11) is 1.65. The minimum Gasteiger partial charge on any atom is -0.496 e. The number of methoxy groups -OCH3 is 1. The molecule has 2 aromatic rings. The fourth-order valence-corrected chi connectivity index (χ4v) is 2.74. The topological polar surface area (TPSA) is 56.8 Å². The maximum absolute atomic E-state index is 12.7. The fourth-order valence-electron chi connectivity index (χ4n) is 2.74. The molecular weight excluding hydrogens is 306 g/mol. The van der Waals surface area contributed by atoms with Crippen molar-refractivity contribution in [2.75, 3.05) is 19.2 Å². The van der Waals surface area contributed by atoms with Crippen molar-refractivity contribution in [3.63, 3.8) is 0 Å². The molecule has 1 amide bonds. The molecule has 1 aliphatic rings. The molecule has 126 valence electrons. The SMILES string of the molecule is COc1cc(C)c(C(=O)Nc2ccc3c(c2)OCO3)cc1C(C)C. The molecule has 0 atom stereocenters. The number of ether oxygens (including phenoxy) is 3. The summed E-state index contributed by atoms with van der Waals surface area (Å²) in [6.45, 7) is 6.27. The van der Waals surface area contributed by atoms with Gasteiger partial charge in [-0.25, -0.2) is 0 Å². The lowest BCUT2D eigenvalue weighted by atomic mass is 9.96. The standard InChI is InChI=1S/C19H21NO4/c1-11(2)14-9-15(12(3)7-17(14)22-4)19(21)20-13-5-6-16-18(8-13)24-10-23-16/h5-9,11H,10H2,1-4H3,(H,20,21). The Labute approximate surface area is 141 Å². The zero-order valence-electron chi connectivity index (χ0n) is 14.3. The summed E-state index contributed by atoms with van der Waals surface area (Å²) in [4.78, 5) is 12.7. The van der Waals surface area contributed by atoms with Gasteiger partial charge in [-0.3, -0.25) is 4.79 Å². The zero-order valence-corrected chi connectivity index (χ0v) is 14.3. The van der Waals surface area contributed by atoms with Gasteiger partial charge < -0.3 is 19.5 Å². The third-order valence-electron chi connectivity index (χ3n) is 4.07. The van der Waals surface area contributed by atoms with Crippen molar-refractivity contribution in [1.29, 1.82) is 0 Å². The predicted molar refractivity (Wildman–Crippen MR) is 92.3 cm³/mol. The summed E-state index contributed by atoms with van der Waals surface area (Å²) >= 11 is 0. The van der Waals surface area contributed by atoms with E-state index in [1.54, 1.807) is 25.3 Å². The quantitative estimate of drug-likeness (QED) is 0.918. The minimum atomic E-state index is -0.157. The van der Waals surface area contributed by atoms with Crippen molar-refractivity contribution >= 4 is 11.6 Å². The smallest absolute Gasteiger partial charge is 0.255 e. The number of hydrogen-bond acceptors (Lipinski definition) is 4. The monoisotopic (exact) mass is 327 g/mol. The molecule has 0 spiro atoms. The first kappa shape index (κ1) is 16.2. The second kappa shape index (κ2) is 6.43. The number of nitrogens with one attached hydrogen (secondary N) is 1. The van der Waals surface area contributed by atoms with Crippen molar-refractivity contribution < 1.29 is 19.0 Å². The number of carbonyl (C=O) groups excluding carboxylic acids is 1. The van der Waals surface area contributed by atoms with E-state index in [0.717, 1.165) is 16.9 Å². The van der Waals surface area contributed by atoms with Gasteiger partial charge in [0.2, 0.25) is 6.79 Å². The Hall–Kier alpha value is -2.69. The molecule has 3 rings (SSSR count). The van der Waals surface area contributed by atoms with E-state index in [9.17, 15) is 4.79 Å². The number of aryl methyl sites for hydroxylation is 1. The molecule has 2 aromatic carbocycles. The highest BCUT2D eigenvalue weighted by Crippen LogP contribution is 2.35. The Kier molecular flexibility index (Phi) is 4.34. The molecule has 1 aliphatic heterocycles. The van der Waals surface area contributed by atoms with E-state index in [2.05, 4.69) is 19.2 Å². The first-order chi connectivity index (χ1) is 11.5. The molecular formula is C19H21NO4. The molecule has 5 heteroatoms. The van der Waals surface area contributed by atoms with Crippen LogP contribution in [0.25, 0.3) is 0 Å². The molecule has 5 nitrogen and oxygen atoms in total. The van der Waals surface area contributed by atoms with Crippen molar-refractivity contribution in [2.45, 2.75) is 26.7 Å². The molecule has 0 unspecified atom stereocenters. The number of amides is 1. The van der Waals surface area contributed by atoms with Crippen LogP contribution in [0.1, 0.15) is 41.3 Å². The van der Waals surface area contributed by atoms with Gasteiger partial charge in [-0.15, -0.1) is 0 Å². The fraction of sp³-hybridized carbons (Fsp3) is 0.316. The molecule has 0 radical (unpaired) electrons. The van der Waals surface area contributed by atoms with E-state index in [1.165, 1.54) is 0 Å². The maximum Gasteiger partial charge on any atom is 0.255 e. The number of fused-ring (bicyclic) bond motifs is 1. The Bertz CT molecular complexity index is 783. The highest BCUT2D eigenvalue weighted by molar-refractivity contribution is 6.05. The average molecular weight is 327 g/mol. The van der Waals surface area contributed by atoms with Gasteiger partial charge in [-0.05, 0) is 48.2 Å². The minimum absolute atomic E-state index is 0.157. The molecule has 1 heterocycles. The van der Waals surface area contributed by atoms with Gasteiger partial charge in [0.05, 0.1) is 7.11 Å². The third-order valence-corrected chi connectivity index (χ3v) is 4.07. The zero-order chi connectivity index (χ0) is 17.3. The van der Waals surface area contributed by atoms with Crippen LogP contribution in [-0.4, -0.2) is 19.8 Å². The second-order valence-electron chi connectivity index (χ2n) is 6.09. The highest BCUT2D eigenvalue weighted by Gasteiger charge is 2.18. The first-order valence-electron chi connectivity index (χ1n) is 7.89. The van der Waals surface area contributed by atoms with Crippen molar-refractivity contribution in [1.82, 2.24) is 0 Å². The lowest BCUT2D eigenvalue weighted by Gasteiger charge is -2.16. The summed E-state index contributed by atoms with van der Waals surface area (Å²) in [6.07, 6.45) is 0. The summed E-state index contributed by atoms with van der Waals surface area (Å²) in [6, 6.07) is 9.17. The van der Waals surface area contributed by atoms with Gasteiger partial charge in [0.1, 0.15) is 5.75 Å². The lowest BCUT2D eigenvalue weighted by molar-refractivity contribution is 0.102. The van der Waals surface area contributed by atoms with Crippen LogP contribution in [0.15, 0.2) is 30.3 Å². The van der Waals surface area contributed by atoms with Crippen LogP contribution in [-0.2, 0) is 0 Å². The Morgan fingerprint density at radius 2 is 1.92 bits per heavy atom. The van der Waals surface area contributed by atoms with E-state index in [1.807, 2.05) is 19.1 Å². The second-order valence-corrected chi connectivity index (χ2v) is 6.09. The van der Waals surface area contributed by atoms with E-state index in [4.69, 9.17) is 14.2 Å². The van der Waals surface area contributed by atoms with Crippen LogP contribution < -0.4 is 19.5 Å². The van der Waals surface area contributed by atoms with Crippen LogP contribution >= 0.6 is 0 Å². The number of anilines is 1. The van der Waals surface area contributed by atoms with Crippen LogP contribution in [0.5, 0.6) is 17.2 Å². The number of hydrogen-bond donors (Lipinski definition) is 1. The summed E-state index contributed by atoms with van der Waals surface area (Å²) in [5.74, 6) is 2.24. The van der Waals surface area contributed by atoms with Crippen LogP contribution in [0.4, 0.5) is 5.69 Å². The molecule has 0 saturated heterocycles. The molecule has 0 aromatic heterocycles. The largest absolute Gasteiger partial charge is 0.496 e. The van der Waals surface area contributed by atoms with E-state index >= 15 is 0 Å². The van der Waals surface area contributed by atoms with E-state index < -0.39 is 0 Å². The van der Waals surface area contributed by atoms with Crippen molar-refractivity contribution in [3.8, 4) is 17.2 Å². The van der Waals surface area contributed by atoms with Gasteiger partial charge in [0, 0.05) is 17.3 Å². The molecule has 0 aliphatic carbocycles. The van der Waals surface area contributed by atoms with Gasteiger partial charge in [-0.1, -0.05) is 13.8 Å². The maximum atomic E-state index is 12.7. The van der Waals surface area contributed by atoms with E-state index in [-0.39, 0.29) is 18.6 Å². The van der Waals surface area contributed by atoms with Gasteiger partial charge in [0.15, 0.2) is 11.5 Å². The number of rotatable bonds is 4. The lowest BCUT2D eigenvalue weighted by Crippen LogP contribution is -2.14. The molecule has 0 bridgehead atoms. The number of benzene rings is 2. The predicted octanol–water partition coefficient (Wildman–Crippen LogP) is 4.11. The highest BCUT2D eigenvalue weighted by atomic mass is 16.7. The third kappa shape index (κ3) is 3.02. The van der Waals surface area contributed by atoms with Crippen LogP contribution in [0.3, 0.4) is 0 Å². The average Bonchev–Trinajstić information content (AvgIpc) is 3.01.